The molecule has 1 heterocycles. The third-order valence-corrected chi connectivity index (χ3v) is 4.05. The Kier molecular flexibility index (Phi) is 2.67. The molecule has 0 aromatic rings. The molecule has 1 aliphatic rings. The van der Waals surface area contributed by atoms with Gasteiger partial charge in [-0.25, -0.2) is 0 Å². The predicted molar refractivity (Wildman–Crippen MR) is 48.0 cm³/mol. The number of hydrogen-bond donors (Lipinski definition) is 2. The summed E-state index contributed by atoms with van der Waals surface area (Å²) in [6.07, 6.45) is 1.45. The number of nitrogens with zero attached hydrogens (tertiary/aromatic N) is 2. The van der Waals surface area contributed by atoms with E-state index in [0.717, 1.165) is 5.75 Å². The second kappa shape index (κ2) is 3.36. The number of rotatable bonds is 1. The zero-order valence-electron chi connectivity index (χ0n) is 5.89. The topological polar surface area (TPSA) is 65.2 Å². The predicted octanol–water partition coefficient (Wildman–Crippen LogP) is 1.43. The van der Waals surface area contributed by atoms with Crippen molar-refractivity contribution in [2.24, 2.45) is 10.3 Å². The van der Waals surface area contributed by atoms with E-state index in [4.69, 9.17) is 10.4 Å². The molecule has 1 aliphatic heterocycles. The van der Waals surface area contributed by atoms with E-state index in [1.807, 2.05) is 6.92 Å². The Morgan fingerprint density at radius 2 is 2.36 bits per heavy atom. The molecule has 4 nitrogen and oxygen atoms in total. The molecule has 11 heavy (non-hydrogen) atoms. The Labute approximate surface area is 72.7 Å². The lowest BCUT2D eigenvalue weighted by Crippen LogP contribution is -2.21. The summed E-state index contributed by atoms with van der Waals surface area (Å²) in [5.41, 5.74) is 0. The quantitative estimate of drug-likeness (QED) is 0.375. The van der Waals surface area contributed by atoms with Crippen LogP contribution in [0.15, 0.2) is 10.3 Å². The summed E-state index contributed by atoms with van der Waals surface area (Å²) in [6.45, 7) is 1.92. The van der Waals surface area contributed by atoms with Crippen LogP contribution >= 0.6 is 23.5 Å². The molecular formula is C5H8N2O2S2. The Hall–Kier alpha value is -0.360. The van der Waals surface area contributed by atoms with Gasteiger partial charge in [0.1, 0.15) is 0 Å². The van der Waals surface area contributed by atoms with Crippen molar-refractivity contribution >= 4 is 34.1 Å². The number of thioether (sulfide) groups is 2. The van der Waals surface area contributed by atoms with Crippen LogP contribution in [0, 0.1) is 0 Å². The highest BCUT2D eigenvalue weighted by Crippen LogP contribution is 2.40. The van der Waals surface area contributed by atoms with Crippen LogP contribution in [0.5, 0.6) is 0 Å². The normalized spacial score (nSPS) is 35.5. The second-order valence-corrected chi connectivity index (χ2v) is 5.06. The smallest absolute Gasteiger partial charge is 0.170 e. The van der Waals surface area contributed by atoms with Crippen molar-refractivity contribution in [1.82, 2.24) is 0 Å². The van der Waals surface area contributed by atoms with Gasteiger partial charge in [-0.05, 0) is 6.92 Å². The molecule has 0 bridgehead atoms. The molecule has 0 unspecified atom stereocenters. The molecule has 62 valence electrons. The van der Waals surface area contributed by atoms with E-state index < -0.39 is 0 Å². The van der Waals surface area contributed by atoms with E-state index in [9.17, 15) is 0 Å². The van der Waals surface area contributed by atoms with Gasteiger partial charge in [-0.3, -0.25) is 0 Å². The molecule has 1 atom stereocenters. The maximum absolute atomic E-state index is 8.41. The van der Waals surface area contributed by atoms with Crippen LogP contribution in [-0.4, -0.2) is 31.5 Å². The Morgan fingerprint density at radius 3 is 2.82 bits per heavy atom. The Balaban J connectivity index is 2.65. The lowest BCUT2D eigenvalue weighted by Gasteiger charge is -2.11. The highest BCUT2D eigenvalue weighted by molar-refractivity contribution is 8.42. The molecule has 0 aromatic carbocycles. The van der Waals surface area contributed by atoms with Gasteiger partial charge in [0, 0.05) is 5.75 Å². The average Bonchev–Trinajstić information content (AvgIpc) is 2.33. The van der Waals surface area contributed by atoms with Gasteiger partial charge in [-0.1, -0.05) is 28.7 Å². The van der Waals surface area contributed by atoms with Gasteiger partial charge in [0.25, 0.3) is 0 Å². The summed E-state index contributed by atoms with van der Waals surface area (Å²) in [6, 6.07) is 0. The molecule has 2 N–H and O–H groups in total. The highest BCUT2D eigenvalue weighted by atomic mass is 32.2. The van der Waals surface area contributed by atoms with Crippen molar-refractivity contribution in [2.75, 3.05) is 5.75 Å². The maximum Gasteiger partial charge on any atom is 0.170 e. The van der Waals surface area contributed by atoms with E-state index >= 15 is 0 Å². The highest BCUT2D eigenvalue weighted by Gasteiger charge is 2.33. The summed E-state index contributed by atoms with van der Waals surface area (Å²) >= 11 is 2.84. The molecule has 1 saturated heterocycles. The molecule has 0 saturated carbocycles. The molecule has 0 radical (unpaired) electrons. The van der Waals surface area contributed by atoms with Crippen molar-refractivity contribution in [3.8, 4) is 0 Å². The van der Waals surface area contributed by atoms with E-state index in [0.29, 0.717) is 4.38 Å². The first-order chi connectivity index (χ1) is 5.20. The SMILES string of the molecule is C[C@@]1(/C=N\O)CS/C(=N\O)S1. The monoisotopic (exact) mass is 192 g/mol. The fourth-order valence-corrected chi connectivity index (χ4v) is 3.18. The second-order valence-electron chi connectivity index (χ2n) is 2.31. The van der Waals surface area contributed by atoms with Gasteiger partial charge >= 0.3 is 0 Å². The lowest BCUT2D eigenvalue weighted by molar-refractivity contribution is 0.319. The molecule has 1 rings (SSSR count). The lowest BCUT2D eigenvalue weighted by atomic mass is 10.2. The molecule has 0 aliphatic carbocycles. The van der Waals surface area contributed by atoms with Crippen LogP contribution in [0.3, 0.4) is 0 Å². The minimum Gasteiger partial charge on any atom is -0.411 e. The minimum atomic E-state index is -0.235. The van der Waals surface area contributed by atoms with Crippen molar-refractivity contribution < 1.29 is 10.4 Å². The van der Waals surface area contributed by atoms with Gasteiger partial charge in [-0.2, -0.15) is 0 Å². The molecular weight excluding hydrogens is 184 g/mol. The van der Waals surface area contributed by atoms with Crippen molar-refractivity contribution in [1.29, 1.82) is 0 Å². The first-order valence-corrected chi connectivity index (χ1v) is 4.73. The maximum atomic E-state index is 8.41. The molecule has 0 spiro atoms. The van der Waals surface area contributed by atoms with Crippen LogP contribution in [0.25, 0.3) is 0 Å². The molecule has 0 aromatic heterocycles. The van der Waals surface area contributed by atoms with Gasteiger partial charge in [0.2, 0.25) is 0 Å². The zero-order valence-corrected chi connectivity index (χ0v) is 7.52. The number of hydrogen-bond acceptors (Lipinski definition) is 6. The van der Waals surface area contributed by atoms with E-state index in [-0.39, 0.29) is 4.75 Å². The average molecular weight is 192 g/mol. The molecule has 0 amide bonds. The zero-order chi connectivity index (χ0) is 8.32. The summed E-state index contributed by atoms with van der Waals surface area (Å²) in [5, 5.41) is 22.7. The summed E-state index contributed by atoms with van der Waals surface area (Å²) in [5.74, 6) is 0.765. The van der Waals surface area contributed by atoms with Crippen LogP contribution in [0.2, 0.25) is 0 Å². The van der Waals surface area contributed by atoms with Crippen LogP contribution < -0.4 is 0 Å². The first-order valence-electron chi connectivity index (χ1n) is 2.93. The minimum absolute atomic E-state index is 0.235. The molecule has 6 heteroatoms. The largest absolute Gasteiger partial charge is 0.411 e. The van der Waals surface area contributed by atoms with Crippen LogP contribution in [0.1, 0.15) is 6.92 Å². The van der Waals surface area contributed by atoms with Gasteiger partial charge < -0.3 is 10.4 Å². The summed E-state index contributed by atoms with van der Waals surface area (Å²) < 4.78 is 0.383. The standard InChI is InChI=1S/C5H8N2O2S2/c1-5(2-6-8)3-10-4(7-9)11-5/h2,8-9H,3H2,1H3/b6-2-,7-4+/t5-/m1/s1. The van der Waals surface area contributed by atoms with Crippen molar-refractivity contribution in [3.05, 3.63) is 0 Å². The first kappa shape index (κ1) is 8.73. The van der Waals surface area contributed by atoms with E-state index in [1.165, 1.54) is 29.7 Å². The van der Waals surface area contributed by atoms with Crippen molar-refractivity contribution in [3.63, 3.8) is 0 Å². The van der Waals surface area contributed by atoms with Crippen LogP contribution in [0.4, 0.5) is 0 Å². The van der Waals surface area contributed by atoms with E-state index in [1.54, 1.807) is 0 Å². The number of oxime groups is 2. The van der Waals surface area contributed by atoms with Crippen LogP contribution in [-0.2, 0) is 0 Å². The summed E-state index contributed by atoms with van der Waals surface area (Å²) in [7, 11) is 0. The Bertz CT molecular complexity index is 207. The third kappa shape index (κ3) is 2.03. The Morgan fingerprint density at radius 1 is 1.64 bits per heavy atom. The van der Waals surface area contributed by atoms with E-state index in [2.05, 4.69) is 10.3 Å². The van der Waals surface area contributed by atoms with Gasteiger partial charge in [0.15, 0.2) is 4.38 Å². The van der Waals surface area contributed by atoms with Crippen molar-refractivity contribution in [2.45, 2.75) is 11.7 Å². The fraction of sp³-hybridized carbons (Fsp3) is 0.600. The fourth-order valence-electron chi connectivity index (χ4n) is 0.698. The van der Waals surface area contributed by atoms with Gasteiger partial charge in [-0.15, -0.1) is 5.16 Å². The third-order valence-electron chi connectivity index (χ3n) is 1.22. The van der Waals surface area contributed by atoms with Gasteiger partial charge in [0.05, 0.1) is 11.0 Å². The molecule has 1 fully saturated rings. The summed E-state index contributed by atoms with van der Waals surface area (Å²) in [4.78, 5) is 0.